The van der Waals surface area contributed by atoms with Crippen LogP contribution in [-0.4, -0.2) is 4.57 Å². The number of aromatic nitrogens is 1. The van der Waals surface area contributed by atoms with Crippen LogP contribution in [0.25, 0.3) is 27.5 Å². The number of hydrogen-bond acceptors (Lipinski definition) is 2. The maximum absolute atomic E-state index is 14.6. The number of anilines is 6. The van der Waals surface area contributed by atoms with Gasteiger partial charge in [0.25, 0.3) is 0 Å². The van der Waals surface area contributed by atoms with Crippen LogP contribution >= 0.6 is 0 Å². The molecule has 8 rings (SSSR count). The number of rotatable bonds is 7. The fourth-order valence-corrected chi connectivity index (χ4v) is 6.49. The van der Waals surface area contributed by atoms with E-state index in [4.69, 9.17) is 0 Å². The van der Waals surface area contributed by atoms with Crippen molar-refractivity contribution in [2.75, 3.05) is 9.80 Å². The lowest BCUT2D eigenvalue weighted by atomic mass is 10.1. The molecule has 0 atom stereocenters. The minimum absolute atomic E-state index is 0.417. The van der Waals surface area contributed by atoms with Gasteiger partial charge in [0, 0.05) is 50.6 Å². The van der Waals surface area contributed by atoms with Crippen molar-refractivity contribution in [3.63, 3.8) is 0 Å². The third-order valence-electron chi connectivity index (χ3n) is 8.53. The van der Waals surface area contributed by atoms with E-state index in [9.17, 15) is 17.6 Å². The van der Waals surface area contributed by atoms with Gasteiger partial charge in [0.1, 0.15) is 23.3 Å². The highest BCUT2D eigenvalue weighted by atomic mass is 19.1. The Bertz CT molecular complexity index is 2230. The van der Waals surface area contributed by atoms with Gasteiger partial charge in [0.05, 0.1) is 11.0 Å². The molecule has 49 heavy (non-hydrogen) atoms. The lowest BCUT2D eigenvalue weighted by molar-refractivity contribution is 0.626. The van der Waals surface area contributed by atoms with E-state index >= 15 is 0 Å². The van der Waals surface area contributed by atoms with Gasteiger partial charge < -0.3 is 14.4 Å². The summed E-state index contributed by atoms with van der Waals surface area (Å²) >= 11 is 0. The first-order valence-corrected chi connectivity index (χ1v) is 15.7. The van der Waals surface area contributed by atoms with Crippen molar-refractivity contribution < 1.29 is 17.6 Å². The molecular weight excluding hydrogens is 622 g/mol. The lowest BCUT2D eigenvalue weighted by Crippen LogP contribution is -2.10. The molecule has 238 valence electrons. The van der Waals surface area contributed by atoms with Gasteiger partial charge in [0.15, 0.2) is 0 Å². The summed E-state index contributed by atoms with van der Waals surface area (Å²) < 4.78 is 60.5. The smallest absolute Gasteiger partial charge is 0.125 e. The Morgan fingerprint density at radius 2 is 0.673 bits per heavy atom. The zero-order valence-corrected chi connectivity index (χ0v) is 25.9. The van der Waals surface area contributed by atoms with E-state index in [-0.39, 0.29) is 0 Å². The molecule has 0 aliphatic carbocycles. The Morgan fingerprint density at radius 3 is 1.02 bits per heavy atom. The molecule has 0 saturated carbocycles. The van der Waals surface area contributed by atoms with Crippen molar-refractivity contribution in [2.24, 2.45) is 0 Å². The highest BCUT2D eigenvalue weighted by Crippen LogP contribution is 2.43. The lowest BCUT2D eigenvalue weighted by Gasteiger charge is -2.26. The molecule has 0 unspecified atom stereocenters. The molecule has 0 spiro atoms. The number of nitrogens with zero attached hydrogens (tertiary/aromatic N) is 3. The molecule has 7 aromatic carbocycles. The monoisotopic (exact) mass is 649 g/mol. The van der Waals surface area contributed by atoms with Crippen molar-refractivity contribution in [2.45, 2.75) is 0 Å². The zero-order valence-electron chi connectivity index (χ0n) is 25.9. The molecule has 7 heteroatoms. The second-order valence-electron chi connectivity index (χ2n) is 11.7. The summed E-state index contributed by atoms with van der Waals surface area (Å²) in [6.45, 7) is 0. The van der Waals surface area contributed by atoms with Gasteiger partial charge in [-0.15, -0.1) is 0 Å². The van der Waals surface area contributed by atoms with Crippen molar-refractivity contribution in [3.8, 4) is 5.69 Å². The quantitative estimate of drug-likeness (QED) is 0.159. The first kappa shape index (κ1) is 30.0. The minimum Gasteiger partial charge on any atom is -0.310 e. The van der Waals surface area contributed by atoms with Gasteiger partial charge in [-0.3, -0.25) is 0 Å². The molecule has 1 heterocycles. The minimum atomic E-state index is -0.417. The molecule has 0 aliphatic rings. The van der Waals surface area contributed by atoms with Crippen LogP contribution in [0.4, 0.5) is 51.7 Å². The van der Waals surface area contributed by atoms with Gasteiger partial charge in [0.2, 0.25) is 0 Å². The van der Waals surface area contributed by atoms with Crippen LogP contribution < -0.4 is 9.80 Å². The van der Waals surface area contributed by atoms with E-state index in [1.54, 1.807) is 48.5 Å². The Hall–Kier alpha value is -6.34. The zero-order chi connectivity index (χ0) is 33.5. The largest absolute Gasteiger partial charge is 0.310 e. The molecule has 0 N–H and O–H groups in total. The fourth-order valence-electron chi connectivity index (χ4n) is 6.49. The molecule has 0 amide bonds. The molecule has 0 saturated heterocycles. The molecule has 0 radical (unpaired) electrons. The highest BCUT2D eigenvalue weighted by molar-refractivity contribution is 6.12. The van der Waals surface area contributed by atoms with Crippen molar-refractivity contribution >= 4 is 55.9 Å². The second kappa shape index (κ2) is 12.4. The van der Waals surface area contributed by atoms with E-state index in [2.05, 4.69) is 4.57 Å². The molecule has 0 fully saturated rings. The Morgan fingerprint density at radius 1 is 0.327 bits per heavy atom. The third-order valence-corrected chi connectivity index (χ3v) is 8.53. The normalized spacial score (nSPS) is 11.3. The predicted molar refractivity (Wildman–Crippen MR) is 190 cm³/mol. The van der Waals surface area contributed by atoms with Crippen molar-refractivity contribution in [1.29, 1.82) is 0 Å². The Balaban J connectivity index is 1.40. The van der Waals surface area contributed by atoms with Crippen molar-refractivity contribution in [3.05, 3.63) is 187 Å². The predicted octanol–water partition coefficient (Wildman–Crippen LogP) is 12.3. The van der Waals surface area contributed by atoms with Crippen LogP contribution in [0.15, 0.2) is 164 Å². The summed E-state index contributed by atoms with van der Waals surface area (Å²) in [6, 6.07) is 46.6. The standard InChI is InChI=1S/C42H27F4N3/c43-28-8-4-14-33(22-28)47(34-15-5-9-29(44)23-34)37-18-20-41-39(26-37)40-27-38(19-21-42(40)49(41)32-12-2-1-3-13-32)48(35-16-6-10-30(45)24-35)36-17-7-11-31(46)25-36/h1-27H. The second-order valence-corrected chi connectivity index (χ2v) is 11.7. The van der Waals surface area contributed by atoms with Crippen LogP contribution in [0.2, 0.25) is 0 Å². The molecule has 0 aliphatic heterocycles. The van der Waals surface area contributed by atoms with Crippen LogP contribution in [0.5, 0.6) is 0 Å². The molecule has 8 aromatic rings. The van der Waals surface area contributed by atoms with E-state index in [0.29, 0.717) is 34.1 Å². The number of halogens is 4. The number of benzene rings is 7. The van der Waals surface area contributed by atoms with Crippen LogP contribution in [-0.2, 0) is 0 Å². The maximum atomic E-state index is 14.6. The van der Waals surface area contributed by atoms with E-state index in [1.807, 2.05) is 76.5 Å². The van der Waals surface area contributed by atoms with Gasteiger partial charge >= 0.3 is 0 Å². The SMILES string of the molecule is Fc1cccc(N(c2cccc(F)c2)c2ccc3c(c2)c2cc(N(c4cccc(F)c4)c4cccc(F)c4)ccc2n3-c2ccccc2)c1. The number of hydrogen-bond donors (Lipinski definition) is 0. The third kappa shape index (κ3) is 5.65. The van der Waals surface area contributed by atoms with Crippen LogP contribution in [0.3, 0.4) is 0 Å². The van der Waals surface area contributed by atoms with Crippen LogP contribution in [0.1, 0.15) is 0 Å². The van der Waals surface area contributed by atoms with Gasteiger partial charge in [-0.25, -0.2) is 17.6 Å². The average molecular weight is 650 g/mol. The topological polar surface area (TPSA) is 11.4 Å². The summed E-state index contributed by atoms with van der Waals surface area (Å²) in [5.74, 6) is -1.67. The molecular formula is C42H27F4N3. The van der Waals surface area contributed by atoms with E-state index in [0.717, 1.165) is 27.5 Å². The molecule has 0 bridgehead atoms. The summed E-state index contributed by atoms with van der Waals surface area (Å²) in [6.07, 6.45) is 0. The Labute approximate surface area is 280 Å². The van der Waals surface area contributed by atoms with Crippen molar-refractivity contribution in [1.82, 2.24) is 4.57 Å². The highest BCUT2D eigenvalue weighted by Gasteiger charge is 2.21. The van der Waals surface area contributed by atoms with Gasteiger partial charge in [-0.2, -0.15) is 0 Å². The van der Waals surface area contributed by atoms with E-state index in [1.165, 1.54) is 48.5 Å². The maximum Gasteiger partial charge on any atom is 0.125 e. The fraction of sp³-hybridized carbons (Fsp3) is 0. The first-order chi connectivity index (χ1) is 23.9. The summed E-state index contributed by atoms with van der Waals surface area (Å²) in [4.78, 5) is 3.62. The Kier molecular flexibility index (Phi) is 7.57. The summed E-state index contributed by atoms with van der Waals surface area (Å²) in [5.41, 5.74) is 6.25. The first-order valence-electron chi connectivity index (χ1n) is 15.7. The van der Waals surface area contributed by atoms with E-state index < -0.39 is 23.3 Å². The molecule has 1 aromatic heterocycles. The summed E-state index contributed by atoms with van der Waals surface area (Å²) in [7, 11) is 0. The summed E-state index contributed by atoms with van der Waals surface area (Å²) in [5, 5.41) is 1.74. The van der Waals surface area contributed by atoms with Crippen LogP contribution in [0, 0.1) is 23.3 Å². The average Bonchev–Trinajstić information content (AvgIpc) is 3.42. The van der Waals surface area contributed by atoms with Gasteiger partial charge in [-0.1, -0.05) is 42.5 Å². The number of fused-ring (bicyclic) bond motifs is 3. The molecule has 3 nitrogen and oxygen atoms in total. The van der Waals surface area contributed by atoms with Gasteiger partial charge in [-0.05, 0) is 121 Å². The number of para-hydroxylation sites is 1.